The van der Waals surface area contributed by atoms with Crippen molar-refractivity contribution in [3.63, 3.8) is 0 Å². The molecule has 0 aromatic rings. The van der Waals surface area contributed by atoms with Gasteiger partial charge in [-0.15, -0.1) is 0 Å². The molecule has 6 heteroatoms. The molecule has 2 saturated heterocycles. The minimum Gasteiger partial charge on any atom is -0.371 e. The number of carbonyl (C=O) groups excluding carboxylic acids is 1. The maximum absolute atomic E-state index is 12.4. The number of urea groups is 1. The van der Waals surface area contributed by atoms with Crippen LogP contribution in [0.25, 0.3) is 0 Å². The Labute approximate surface area is 146 Å². The molecule has 2 aliphatic heterocycles. The first-order chi connectivity index (χ1) is 11.6. The third-order valence-corrected chi connectivity index (χ3v) is 5.88. The van der Waals surface area contributed by atoms with Gasteiger partial charge in [0, 0.05) is 45.8 Å². The van der Waals surface area contributed by atoms with Crippen LogP contribution in [0, 0.1) is 5.92 Å². The van der Waals surface area contributed by atoms with Gasteiger partial charge in [0.1, 0.15) is 0 Å². The predicted octanol–water partition coefficient (Wildman–Crippen LogP) is 1.22. The van der Waals surface area contributed by atoms with Crippen LogP contribution < -0.4 is 5.32 Å². The van der Waals surface area contributed by atoms with E-state index in [-0.39, 0.29) is 11.6 Å². The summed E-state index contributed by atoms with van der Waals surface area (Å²) in [4.78, 5) is 19.4. The van der Waals surface area contributed by atoms with Crippen LogP contribution in [0.1, 0.15) is 33.1 Å². The molecule has 1 aliphatic carbocycles. The average Bonchev–Trinajstić information content (AvgIpc) is 2.59. The van der Waals surface area contributed by atoms with E-state index in [1.54, 1.807) is 0 Å². The quantitative estimate of drug-likeness (QED) is 0.819. The van der Waals surface area contributed by atoms with Gasteiger partial charge in [-0.25, -0.2) is 4.79 Å². The largest absolute Gasteiger partial charge is 0.371 e. The summed E-state index contributed by atoms with van der Waals surface area (Å²) in [6.45, 7) is 14.3. The van der Waals surface area contributed by atoms with Gasteiger partial charge in [-0.05, 0) is 31.7 Å². The number of likely N-dealkylation sites (N-methyl/N-ethyl adjacent to an activating group) is 1. The fourth-order valence-electron chi connectivity index (χ4n) is 4.06. The Hall–Kier alpha value is -0.850. The van der Waals surface area contributed by atoms with E-state index in [2.05, 4.69) is 29.0 Å². The summed E-state index contributed by atoms with van der Waals surface area (Å²) in [5, 5.41) is 3.14. The Bertz CT molecular complexity index is 419. The number of hydrogen-bond donors (Lipinski definition) is 1. The van der Waals surface area contributed by atoms with Crippen LogP contribution in [0.15, 0.2) is 0 Å². The van der Waals surface area contributed by atoms with Crippen LogP contribution in [0.3, 0.4) is 0 Å². The van der Waals surface area contributed by atoms with E-state index in [0.29, 0.717) is 12.5 Å². The van der Waals surface area contributed by atoms with Gasteiger partial charge in [-0.2, -0.15) is 0 Å². The molecule has 24 heavy (non-hydrogen) atoms. The van der Waals surface area contributed by atoms with Crippen molar-refractivity contribution in [1.29, 1.82) is 0 Å². The van der Waals surface area contributed by atoms with E-state index in [9.17, 15) is 4.79 Å². The number of nitrogens with zero attached hydrogens (tertiary/aromatic N) is 3. The van der Waals surface area contributed by atoms with E-state index in [1.807, 2.05) is 4.90 Å². The molecule has 3 rings (SSSR count). The van der Waals surface area contributed by atoms with Gasteiger partial charge in [0.15, 0.2) is 0 Å². The molecule has 0 bridgehead atoms. The van der Waals surface area contributed by atoms with Gasteiger partial charge >= 0.3 is 6.03 Å². The molecular formula is C18H34N4O2. The number of amides is 2. The maximum atomic E-state index is 12.4. The van der Waals surface area contributed by atoms with Gasteiger partial charge in [-0.1, -0.05) is 13.8 Å². The van der Waals surface area contributed by atoms with Crippen molar-refractivity contribution in [2.75, 3.05) is 65.5 Å². The molecule has 0 aromatic heterocycles. The molecule has 2 heterocycles. The first-order valence-corrected chi connectivity index (χ1v) is 9.72. The summed E-state index contributed by atoms with van der Waals surface area (Å²) in [6, 6.07) is 0.0900. The Kier molecular flexibility index (Phi) is 6.00. The molecule has 138 valence electrons. The first-order valence-electron chi connectivity index (χ1n) is 9.72. The molecule has 3 fully saturated rings. The van der Waals surface area contributed by atoms with Gasteiger partial charge in [0.2, 0.25) is 0 Å². The highest BCUT2D eigenvalue weighted by Gasteiger charge is 2.43. The van der Waals surface area contributed by atoms with E-state index in [1.165, 1.54) is 19.5 Å². The second-order valence-electron chi connectivity index (χ2n) is 7.83. The molecule has 0 aromatic carbocycles. The zero-order valence-corrected chi connectivity index (χ0v) is 15.4. The Balaban J connectivity index is 1.35. The van der Waals surface area contributed by atoms with Gasteiger partial charge in [-0.3, -0.25) is 0 Å². The number of ether oxygens (including phenoxy) is 1. The Morgan fingerprint density at radius 1 is 1.17 bits per heavy atom. The molecule has 0 radical (unpaired) electrons. The topological polar surface area (TPSA) is 48.0 Å². The zero-order valence-electron chi connectivity index (χ0n) is 15.4. The van der Waals surface area contributed by atoms with Crippen LogP contribution in [0.2, 0.25) is 0 Å². The smallest absolute Gasteiger partial charge is 0.317 e. The highest BCUT2D eigenvalue weighted by atomic mass is 16.5. The lowest BCUT2D eigenvalue weighted by Gasteiger charge is -2.48. The number of hydrogen-bond acceptors (Lipinski definition) is 4. The summed E-state index contributed by atoms with van der Waals surface area (Å²) in [5.41, 5.74) is -0.0137. The molecule has 6 nitrogen and oxygen atoms in total. The van der Waals surface area contributed by atoms with E-state index in [0.717, 1.165) is 58.7 Å². The van der Waals surface area contributed by atoms with Crippen molar-refractivity contribution >= 4 is 6.03 Å². The van der Waals surface area contributed by atoms with Crippen molar-refractivity contribution in [1.82, 2.24) is 20.0 Å². The van der Waals surface area contributed by atoms with Crippen molar-refractivity contribution in [3.8, 4) is 0 Å². The van der Waals surface area contributed by atoms with Crippen LogP contribution in [-0.2, 0) is 4.74 Å². The Morgan fingerprint density at radius 2 is 1.88 bits per heavy atom. The van der Waals surface area contributed by atoms with Gasteiger partial charge in [0.05, 0.1) is 18.8 Å². The minimum absolute atomic E-state index is 0.0137. The summed E-state index contributed by atoms with van der Waals surface area (Å²) in [7, 11) is 0. The number of morpholine rings is 1. The second kappa shape index (κ2) is 8.02. The summed E-state index contributed by atoms with van der Waals surface area (Å²) in [6.07, 6.45) is 3.45. The average molecular weight is 338 g/mol. The molecule has 1 spiro atoms. The van der Waals surface area contributed by atoms with Crippen LogP contribution >= 0.6 is 0 Å². The lowest BCUT2D eigenvalue weighted by atomic mass is 9.79. The van der Waals surface area contributed by atoms with Crippen molar-refractivity contribution in [2.24, 2.45) is 5.92 Å². The van der Waals surface area contributed by atoms with Crippen molar-refractivity contribution in [3.05, 3.63) is 0 Å². The number of carbonyl (C=O) groups is 1. The molecule has 1 N–H and O–H groups in total. The fraction of sp³-hybridized carbons (Fsp3) is 0.944. The molecular weight excluding hydrogens is 304 g/mol. The molecule has 3 aliphatic rings. The van der Waals surface area contributed by atoms with Crippen molar-refractivity contribution < 1.29 is 9.53 Å². The van der Waals surface area contributed by atoms with Crippen molar-refractivity contribution in [2.45, 2.75) is 38.7 Å². The van der Waals surface area contributed by atoms with Crippen LogP contribution in [0.4, 0.5) is 4.79 Å². The number of piperazine rings is 1. The lowest BCUT2D eigenvalue weighted by Crippen LogP contribution is -2.59. The monoisotopic (exact) mass is 338 g/mol. The maximum Gasteiger partial charge on any atom is 0.317 e. The molecule has 2 amide bonds. The molecule has 1 atom stereocenters. The summed E-state index contributed by atoms with van der Waals surface area (Å²) in [5.74, 6) is 0.487. The Morgan fingerprint density at radius 3 is 2.50 bits per heavy atom. The SMILES string of the molecule is CCN1CCN(C[C@H](C)CNC(=O)N2CCOC3(CCC3)C2)CC1. The first kappa shape index (κ1) is 18.0. The lowest BCUT2D eigenvalue weighted by molar-refractivity contribution is -0.141. The third kappa shape index (κ3) is 4.41. The van der Waals surface area contributed by atoms with Crippen LogP contribution in [-0.4, -0.2) is 91.8 Å². The highest BCUT2D eigenvalue weighted by Crippen LogP contribution is 2.38. The van der Waals surface area contributed by atoms with Crippen LogP contribution in [0.5, 0.6) is 0 Å². The molecule has 1 saturated carbocycles. The normalized spacial score (nSPS) is 26.2. The standard InChI is InChI=1S/C18H34N4O2/c1-3-20-7-9-21(10-8-20)14-16(2)13-19-17(23)22-11-12-24-18(15-22)5-4-6-18/h16H,3-15H2,1-2H3,(H,19,23)/t16-/m1/s1. The second-order valence-corrected chi connectivity index (χ2v) is 7.83. The van der Waals surface area contributed by atoms with Gasteiger partial charge < -0.3 is 24.8 Å². The summed E-state index contributed by atoms with van der Waals surface area (Å²) < 4.78 is 5.89. The molecule has 0 unspecified atom stereocenters. The zero-order chi connectivity index (χ0) is 17.0. The van der Waals surface area contributed by atoms with Gasteiger partial charge in [0.25, 0.3) is 0 Å². The fourth-order valence-corrected chi connectivity index (χ4v) is 4.06. The minimum atomic E-state index is -0.0137. The summed E-state index contributed by atoms with van der Waals surface area (Å²) >= 11 is 0. The van der Waals surface area contributed by atoms with E-state index in [4.69, 9.17) is 4.74 Å². The number of nitrogens with one attached hydrogen (secondary N) is 1. The highest BCUT2D eigenvalue weighted by molar-refractivity contribution is 5.74. The third-order valence-electron chi connectivity index (χ3n) is 5.88. The van der Waals surface area contributed by atoms with E-state index < -0.39 is 0 Å². The van der Waals surface area contributed by atoms with E-state index >= 15 is 0 Å². The number of rotatable bonds is 5. The predicted molar refractivity (Wildman–Crippen MR) is 95.2 cm³/mol.